The van der Waals surface area contributed by atoms with Gasteiger partial charge in [0, 0.05) is 43.0 Å². The second kappa shape index (κ2) is 9.57. The molecule has 4 rings (SSSR count). The predicted octanol–water partition coefficient (Wildman–Crippen LogP) is 3.09. The highest BCUT2D eigenvalue weighted by Crippen LogP contribution is 2.30. The van der Waals surface area contributed by atoms with Gasteiger partial charge in [-0.15, -0.1) is 24.0 Å². The molecule has 0 unspecified atom stereocenters. The van der Waals surface area contributed by atoms with Crippen molar-refractivity contribution in [1.82, 2.24) is 4.90 Å². The van der Waals surface area contributed by atoms with Gasteiger partial charge in [0.15, 0.2) is 12.8 Å². The van der Waals surface area contributed by atoms with Crippen molar-refractivity contribution < 1.29 is 18.3 Å². The van der Waals surface area contributed by atoms with Crippen molar-refractivity contribution in [2.24, 2.45) is 10.7 Å². The molecule has 0 spiro atoms. The molecule has 0 aliphatic carbocycles. The van der Waals surface area contributed by atoms with E-state index in [4.69, 9.17) is 15.2 Å². The molecule has 0 amide bonds. The Bertz CT molecular complexity index is 872. The highest BCUT2D eigenvalue weighted by molar-refractivity contribution is 14.0. The molecule has 2 aromatic rings. The molecule has 2 aliphatic heterocycles. The first-order valence-electron chi connectivity index (χ1n) is 9.17. The van der Waals surface area contributed by atoms with Crippen LogP contribution in [0.1, 0.15) is 11.1 Å². The summed E-state index contributed by atoms with van der Waals surface area (Å²) >= 11 is 0. The third-order valence-corrected chi connectivity index (χ3v) is 4.96. The van der Waals surface area contributed by atoms with E-state index in [1.54, 1.807) is 12.1 Å². The number of anilines is 1. The molecule has 0 bridgehead atoms. The lowest BCUT2D eigenvalue weighted by atomic mass is 10.1. The number of benzene rings is 2. The van der Waals surface area contributed by atoms with Gasteiger partial charge in [-0.25, -0.2) is 13.8 Å². The third kappa shape index (κ3) is 5.08. The number of aliphatic imine (C=N–C) groups is 1. The second-order valence-electron chi connectivity index (χ2n) is 6.79. The van der Waals surface area contributed by atoms with Crippen LogP contribution in [-0.4, -0.2) is 43.8 Å². The Morgan fingerprint density at radius 2 is 1.76 bits per heavy atom. The van der Waals surface area contributed by atoms with Gasteiger partial charge in [-0.2, -0.15) is 0 Å². The summed E-state index contributed by atoms with van der Waals surface area (Å²) in [7, 11) is 0. The molecule has 2 N–H and O–H groups in total. The van der Waals surface area contributed by atoms with E-state index in [9.17, 15) is 8.78 Å². The molecule has 0 radical (unpaired) electrons. The van der Waals surface area contributed by atoms with Gasteiger partial charge >= 0.3 is 0 Å². The first-order chi connectivity index (χ1) is 13.6. The molecule has 2 aromatic carbocycles. The van der Waals surface area contributed by atoms with E-state index in [2.05, 4.69) is 9.89 Å². The maximum Gasteiger partial charge on any atom is 0.191 e. The third-order valence-electron chi connectivity index (χ3n) is 4.96. The number of halogens is 3. The molecular weight excluding hydrogens is 493 g/mol. The highest BCUT2D eigenvalue weighted by atomic mass is 127. The van der Waals surface area contributed by atoms with Crippen molar-refractivity contribution in [2.45, 2.75) is 13.2 Å². The summed E-state index contributed by atoms with van der Waals surface area (Å²) in [5.41, 5.74) is 8.49. The minimum atomic E-state index is -0.343. The van der Waals surface area contributed by atoms with E-state index < -0.39 is 0 Å². The molecule has 2 heterocycles. The van der Waals surface area contributed by atoms with Gasteiger partial charge in [0.25, 0.3) is 0 Å². The number of piperazine rings is 1. The van der Waals surface area contributed by atoms with Crippen LogP contribution in [0.25, 0.3) is 0 Å². The van der Waals surface area contributed by atoms with Gasteiger partial charge in [-0.05, 0) is 36.4 Å². The largest absolute Gasteiger partial charge is 0.467 e. The first kappa shape index (κ1) is 21.6. The molecule has 0 saturated carbocycles. The topological polar surface area (TPSA) is 63.3 Å². The Kier molecular flexibility index (Phi) is 7.12. The first-order valence-corrected chi connectivity index (χ1v) is 9.17. The Balaban J connectivity index is 0.00000240. The summed E-state index contributed by atoms with van der Waals surface area (Å²) < 4.78 is 37.6. The Hall–Kier alpha value is -2.14. The Morgan fingerprint density at radius 3 is 2.48 bits per heavy atom. The summed E-state index contributed by atoms with van der Waals surface area (Å²) in [6.45, 7) is 3.65. The van der Waals surface area contributed by atoms with Crippen molar-refractivity contribution in [3.63, 3.8) is 0 Å². The summed E-state index contributed by atoms with van der Waals surface area (Å²) in [5.74, 6) is 0.465. The lowest BCUT2D eigenvalue weighted by molar-refractivity contribution is -0.0172. The van der Waals surface area contributed by atoms with Crippen LogP contribution in [-0.2, 0) is 17.9 Å². The Morgan fingerprint density at radius 1 is 1.03 bits per heavy atom. The average molecular weight is 516 g/mol. The monoisotopic (exact) mass is 516 g/mol. The summed E-state index contributed by atoms with van der Waals surface area (Å²) in [5, 5.41) is 0. The fraction of sp³-hybridized carbons (Fsp3) is 0.350. The smallest absolute Gasteiger partial charge is 0.191 e. The van der Waals surface area contributed by atoms with Crippen molar-refractivity contribution >= 4 is 35.6 Å². The normalized spacial score (nSPS) is 16.7. The summed E-state index contributed by atoms with van der Waals surface area (Å²) in [6, 6.07) is 9.32. The van der Waals surface area contributed by atoms with Gasteiger partial charge in [0.05, 0.1) is 13.2 Å². The molecule has 0 aromatic heterocycles. The van der Waals surface area contributed by atoms with E-state index in [0.717, 1.165) is 18.8 Å². The van der Waals surface area contributed by atoms with Gasteiger partial charge in [-0.3, -0.25) is 0 Å². The molecule has 6 nitrogen and oxygen atoms in total. The molecular formula is C20H23F2IN4O2. The minimum absolute atomic E-state index is 0. The fourth-order valence-electron chi connectivity index (χ4n) is 3.49. The standard InChI is InChI=1S/C20H22F2N4O2.HI/c21-16-1-3-18(4-2-16)25-5-7-26(8-6-25)20(23)24-11-14-9-17(22)10-15-12-27-13-28-19(14)15;/h1-4,9-10H,5-8,11-13H2,(H2,23,24);1H. The zero-order valence-corrected chi connectivity index (χ0v) is 18.1. The average Bonchev–Trinajstić information content (AvgIpc) is 2.72. The van der Waals surface area contributed by atoms with Crippen molar-refractivity contribution in [1.29, 1.82) is 0 Å². The van der Waals surface area contributed by atoms with Crippen LogP contribution in [0, 0.1) is 11.6 Å². The number of fused-ring (bicyclic) bond motifs is 1. The number of hydrogen-bond donors (Lipinski definition) is 1. The summed E-state index contributed by atoms with van der Waals surface area (Å²) in [6.07, 6.45) is 0. The van der Waals surface area contributed by atoms with Crippen LogP contribution in [0.3, 0.4) is 0 Å². The van der Waals surface area contributed by atoms with Gasteiger partial charge in [0.2, 0.25) is 0 Å². The SMILES string of the molecule is I.NC(=NCc1cc(F)cc2c1OCOC2)N1CCN(c2ccc(F)cc2)CC1. The number of nitrogens with two attached hydrogens (primary N) is 1. The van der Waals surface area contributed by atoms with Crippen LogP contribution >= 0.6 is 24.0 Å². The maximum atomic E-state index is 13.8. The fourth-order valence-corrected chi connectivity index (χ4v) is 3.49. The van der Waals surface area contributed by atoms with Crippen LogP contribution in [0.5, 0.6) is 5.75 Å². The highest BCUT2D eigenvalue weighted by Gasteiger charge is 2.20. The number of nitrogens with zero attached hydrogens (tertiary/aromatic N) is 3. The van der Waals surface area contributed by atoms with E-state index >= 15 is 0 Å². The van der Waals surface area contributed by atoms with Crippen molar-refractivity contribution in [3.05, 3.63) is 59.2 Å². The molecule has 1 saturated heterocycles. The van der Waals surface area contributed by atoms with Crippen LogP contribution < -0.4 is 15.4 Å². The molecule has 156 valence electrons. The number of hydrogen-bond acceptors (Lipinski definition) is 4. The zero-order chi connectivity index (χ0) is 19.5. The predicted molar refractivity (Wildman–Crippen MR) is 118 cm³/mol. The molecule has 9 heteroatoms. The van der Waals surface area contributed by atoms with Gasteiger partial charge < -0.3 is 25.0 Å². The second-order valence-corrected chi connectivity index (χ2v) is 6.79. The molecule has 2 aliphatic rings. The molecule has 29 heavy (non-hydrogen) atoms. The van der Waals surface area contributed by atoms with E-state index in [-0.39, 0.29) is 48.9 Å². The molecule has 1 fully saturated rings. The lowest BCUT2D eigenvalue weighted by Crippen LogP contribution is -2.51. The van der Waals surface area contributed by atoms with Gasteiger partial charge in [-0.1, -0.05) is 0 Å². The van der Waals surface area contributed by atoms with E-state index in [0.29, 0.717) is 42.5 Å². The summed E-state index contributed by atoms with van der Waals surface area (Å²) in [4.78, 5) is 8.62. The van der Waals surface area contributed by atoms with Crippen molar-refractivity contribution in [3.8, 4) is 5.75 Å². The number of guanidine groups is 1. The lowest BCUT2D eigenvalue weighted by Gasteiger charge is -2.36. The van der Waals surface area contributed by atoms with E-state index in [1.165, 1.54) is 24.3 Å². The van der Waals surface area contributed by atoms with E-state index in [1.807, 2.05) is 4.90 Å². The number of ether oxygens (including phenoxy) is 2. The van der Waals surface area contributed by atoms with Crippen LogP contribution in [0.15, 0.2) is 41.4 Å². The van der Waals surface area contributed by atoms with Crippen LogP contribution in [0.2, 0.25) is 0 Å². The quantitative estimate of drug-likeness (QED) is 0.386. The van der Waals surface area contributed by atoms with Gasteiger partial charge in [0.1, 0.15) is 17.4 Å². The Labute approximate surface area is 185 Å². The number of rotatable bonds is 3. The van der Waals surface area contributed by atoms with Crippen molar-refractivity contribution in [2.75, 3.05) is 37.9 Å². The minimum Gasteiger partial charge on any atom is -0.467 e. The maximum absolute atomic E-state index is 13.8. The molecule has 0 atom stereocenters. The van der Waals surface area contributed by atoms with Crippen LogP contribution in [0.4, 0.5) is 14.5 Å². The zero-order valence-electron chi connectivity index (χ0n) is 15.8.